The second-order valence-electron chi connectivity index (χ2n) is 4.21. The number of carbonyl (C=O) groups is 1. The number of nitrogens with one attached hydrogen (secondary N) is 1. The zero-order valence-corrected chi connectivity index (χ0v) is 12.2. The number of aliphatic carboxylic acids is 1. The molecule has 0 atom stereocenters. The Morgan fingerprint density at radius 1 is 1.14 bits per heavy atom. The second kappa shape index (κ2) is 6.85. The first-order valence-electron chi connectivity index (χ1n) is 6.22. The molecule has 0 unspecified atom stereocenters. The lowest BCUT2D eigenvalue weighted by Gasteiger charge is -2.04. The fourth-order valence-electron chi connectivity index (χ4n) is 1.53. The minimum Gasteiger partial charge on any atom is -0.480 e. The maximum atomic E-state index is 11.8. The lowest BCUT2D eigenvalue weighted by atomic mass is 10.2. The number of pyridine rings is 1. The van der Waals surface area contributed by atoms with Crippen LogP contribution in [0.15, 0.2) is 53.6 Å². The molecule has 0 saturated carbocycles. The van der Waals surface area contributed by atoms with Gasteiger partial charge in [0.1, 0.15) is 12.2 Å². The largest absolute Gasteiger partial charge is 0.480 e. The van der Waals surface area contributed by atoms with Gasteiger partial charge in [-0.2, -0.15) is 4.72 Å². The standard InChI is InChI=1S/C15H12N2O4S/c18-15(19)11-17-22(20,21)14-8-5-12(6-9-14)4-7-13-3-1-2-10-16-13/h1-3,5-6,8-10,17H,11H2,(H,18,19). The van der Waals surface area contributed by atoms with Gasteiger partial charge in [0.15, 0.2) is 0 Å². The van der Waals surface area contributed by atoms with Crippen molar-refractivity contribution in [2.45, 2.75) is 4.90 Å². The van der Waals surface area contributed by atoms with Gasteiger partial charge in [0, 0.05) is 11.8 Å². The Kier molecular flexibility index (Phi) is 4.88. The van der Waals surface area contributed by atoms with Crippen LogP contribution in [0.4, 0.5) is 0 Å². The van der Waals surface area contributed by atoms with Gasteiger partial charge in [-0.05, 0) is 42.3 Å². The van der Waals surface area contributed by atoms with E-state index in [1.165, 1.54) is 12.1 Å². The number of benzene rings is 1. The molecule has 0 saturated heterocycles. The molecular weight excluding hydrogens is 304 g/mol. The summed E-state index contributed by atoms with van der Waals surface area (Å²) in [6.07, 6.45) is 1.63. The van der Waals surface area contributed by atoms with Crippen LogP contribution in [0, 0.1) is 11.8 Å². The molecule has 2 N–H and O–H groups in total. The molecule has 1 heterocycles. The number of carboxylic acids is 1. The highest BCUT2D eigenvalue weighted by molar-refractivity contribution is 7.89. The van der Waals surface area contributed by atoms with Crippen molar-refractivity contribution in [1.82, 2.24) is 9.71 Å². The van der Waals surface area contributed by atoms with Crippen molar-refractivity contribution in [3.63, 3.8) is 0 Å². The first kappa shape index (κ1) is 15.7. The molecule has 0 aliphatic heterocycles. The molecule has 112 valence electrons. The van der Waals surface area contributed by atoms with Crippen LogP contribution in [-0.2, 0) is 14.8 Å². The number of sulfonamides is 1. The Balaban J connectivity index is 2.14. The molecule has 0 amide bonds. The number of nitrogens with zero attached hydrogens (tertiary/aromatic N) is 1. The van der Waals surface area contributed by atoms with Gasteiger partial charge in [0.25, 0.3) is 0 Å². The Labute approximate surface area is 127 Å². The van der Waals surface area contributed by atoms with E-state index in [1.54, 1.807) is 30.5 Å². The predicted octanol–water partition coefficient (Wildman–Crippen LogP) is 0.844. The molecule has 0 fully saturated rings. The number of rotatable bonds is 4. The highest BCUT2D eigenvalue weighted by Gasteiger charge is 2.14. The van der Waals surface area contributed by atoms with E-state index >= 15 is 0 Å². The zero-order chi connectivity index (χ0) is 16.0. The van der Waals surface area contributed by atoms with E-state index in [0.29, 0.717) is 11.3 Å². The highest BCUT2D eigenvalue weighted by Crippen LogP contribution is 2.09. The van der Waals surface area contributed by atoms with Crippen LogP contribution in [0.3, 0.4) is 0 Å². The summed E-state index contributed by atoms with van der Waals surface area (Å²) in [6, 6.07) is 11.2. The Morgan fingerprint density at radius 3 is 2.45 bits per heavy atom. The zero-order valence-electron chi connectivity index (χ0n) is 11.4. The molecule has 1 aromatic heterocycles. The molecule has 0 bridgehead atoms. The van der Waals surface area contributed by atoms with Crippen molar-refractivity contribution in [3.8, 4) is 11.8 Å². The minimum atomic E-state index is -3.83. The third kappa shape index (κ3) is 4.41. The van der Waals surface area contributed by atoms with Crippen LogP contribution >= 0.6 is 0 Å². The summed E-state index contributed by atoms with van der Waals surface area (Å²) < 4.78 is 25.6. The van der Waals surface area contributed by atoms with Gasteiger partial charge < -0.3 is 5.11 Å². The third-order valence-corrected chi connectivity index (χ3v) is 3.99. The molecule has 2 rings (SSSR count). The molecule has 0 spiro atoms. The van der Waals surface area contributed by atoms with E-state index in [2.05, 4.69) is 16.8 Å². The van der Waals surface area contributed by atoms with E-state index in [-0.39, 0.29) is 4.90 Å². The van der Waals surface area contributed by atoms with Gasteiger partial charge in [-0.1, -0.05) is 12.0 Å². The van der Waals surface area contributed by atoms with Crippen LogP contribution in [0.5, 0.6) is 0 Å². The Bertz CT molecular complexity index is 819. The van der Waals surface area contributed by atoms with E-state index in [1.807, 2.05) is 10.8 Å². The van der Waals surface area contributed by atoms with Crippen LogP contribution in [0.25, 0.3) is 0 Å². The van der Waals surface area contributed by atoms with Crippen molar-refractivity contribution in [2.75, 3.05) is 6.54 Å². The summed E-state index contributed by atoms with van der Waals surface area (Å²) in [6.45, 7) is -0.663. The summed E-state index contributed by atoms with van der Waals surface area (Å²) in [5.41, 5.74) is 1.24. The first-order chi connectivity index (χ1) is 10.5. The lowest BCUT2D eigenvalue weighted by molar-refractivity contribution is -0.135. The van der Waals surface area contributed by atoms with E-state index in [9.17, 15) is 13.2 Å². The van der Waals surface area contributed by atoms with Crippen molar-refractivity contribution in [3.05, 3.63) is 59.9 Å². The Hall–Kier alpha value is -2.69. The van der Waals surface area contributed by atoms with Crippen LogP contribution in [-0.4, -0.2) is 31.0 Å². The van der Waals surface area contributed by atoms with E-state index in [4.69, 9.17) is 5.11 Å². The first-order valence-corrected chi connectivity index (χ1v) is 7.70. The minimum absolute atomic E-state index is 0.0165. The van der Waals surface area contributed by atoms with Gasteiger partial charge in [-0.15, -0.1) is 0 Å². The van der Waals surface area contributed by atoms with Gasteiger partial charge in [-0.25, -0.2) is 13.4 Å². The van der Waals surface area contributed by atoms with E-state index < -0.39 is 22.5 Å². The molecule has 0 aliphatic rings. The normalized spacial score (nSPS) is 10.5. The van der Waals surface area contributed by atoms with Crippen molar-refractivity contribution < 1.29 is 18.3 Å². The highest BCUT2D eigenvalue weighted by atomic mass is 32.2. The van der Waals surface area contributed by atoms with Gasteiger partial charge in [0.05, 0.1) is 4.90 Å². The van der Waals surface area contributed by atoms with Crippen molar-refractivity contribution in [2.24, 2.45) is 0 Å². The second-order valence-corrected chi connectivity index (χ2v) is 5.97. The van der Waals surface area contributed by atoms with Crippen LogP contribution < -0.4 is 4.72 Å². The van der Waals surface area contributed by atoms with Gasteiger partial charge >= 0.3 is 5.97 Å². The summed E-state index contributed by atoms with van der Waals surface area (Å²) in [5, 5.41) is 8.49. The Morgan fingerprint density at radius 2 is 1.86 bits per heavy atom. The third-order valence-electron chi connectivity index (χ3n) is 2.58. The lowest BCUT2D eigenvalue weighted by Crippen LogP contribution is -2.29. The summed E-state index contributed by atoms with van der Waals surface area (Å²) in [7, 11) is -3.83. The van der Waals surface area contributed by atoms with E-state index in [0.717, 1.165) is 0 Å². The fourth-order valence-corrected chi connectivity index (χ4v) is 2.50. The SMILES string of the molecule is O=C(O)CNS(=O)(=O)c1ccc(C#Cc2ccccn2)cc1. The van der Waals surface area contributed by atoms with Gasteiger partial charge in [0.2, 0.25) is 10.0 Å². The summed E-state index contributed by atoms with van der Waals surface area (Å²) in [4.78, 5) is 14.4. The summed E-state index contributed by atoms with van der Waals surface area (Å²) in [5.74, 6) is 4.47. The number of carboxylic acid groups (broad SMARTS) is 1. The summed E-state index contributed by atoms with van der Waals surface area (Å²) >= 11 is 0. The molecule has 0 radical (unpaired) electrons. The van der Waals surface area contributed by atoms with Crippen LogP contribution in [0.1, 0.15) is 11.3 Å². The van der Waals surface area contributed by atoms with Crippen LogP contribution in [0.2, 0.25) is 0 Å². The average molecular weight is 316 g/mol. The average Bonchev–Trinajstić information content (AvgIpc) is 2.52. The van der Waals surface area contributed by atoms with Crippen molar-refractivity contribution in [1.29, 1.82) is 0 Å². The molecule has 0 aliphatic carbocycles. The monoisotopic (exact) mass is 316 g/mol. The smallest absolute Gasteiger partial charge is 0.318 e. The molecule has 6 nitrogen and oxygen atoms in total. The fraction of sp³-hybridized carbons (Fsp3) is 0.0667. The molecule has 1 aromatic carbocycles. The molecule has 22 heavy (non-hydrogen) atoms. The number of hydrogen-bond acceptors (Lipinski definition) is 4. The number of aromatic nitrogens is 1. The quantitative estimate of drug-likeness (QED) is 0.815. The topological polar surface area (TPSA) is 96.4 Å². The maximum Gasteiger partial charge on any atom is 0.318 e. The van der Waals surface area contributed by atoms with Crippen molar-refractivity contribution >= 4 is 16.0 Å². The molecule has 2 aromatic rings. The predicted molar refractivity (Wildman–Crippen MR) is 79.5 cm³/mol. The maximum absolute atomic E-state index is 11.8. The van der Waals surface area contributed by atoms with Gasteiger partial charge in [-0.3, -0.25) is 4.79 Å². The molecular formula is C15H12N2O4S. The number of hydrogen-bond donors (Lipinski definition) is 2. The molecule has 7 heteroatoms.